The van der Waals surface area contributed by atoms with E-state index in [9.17, 15) is 0 Å². The van der Waals surface area contributed by atoms with E-state index in [1.165, 1.54) is 11.1 Å². The minimum Gasteiger partial charge on any atom is -0.326 e. The van der Waals surface area contributed by atoms with Crippen molar-refractivity contribution in [3.8, 4) is 0 Å². The van der Waals surface area contributed by atoms with E-state index in [4.69, 9.17) is 11.5 Å². The van der Waals surface area contributed by atoms with Gasteiger partial charge in [-0.05, 0) is 48.2 Å². The van der Waals surface area contributed by atoms with Crippen molar-refractivity contribution in [1.29, 1.82) is 0 Å². The summed E-state index contributed by atoms with van der Waals surface area (Å²) in [7, 11) is 0. The fourth-order valence-corrected chi connectivity index (χ4v) is 2.38. The van der Waals surface area contributed by atoms with E-state index in [2.05, 4.69) is 70.0 Å². The van der Waals surface area contributed by atoms with Gasteiger partial charge in [0.25, 0.3) is 0 Å². The molecule has 0 aliphatic rings. The molecule has 0 spiro atoms. The van der Waals surface area contributed by atoms with Crippen LogP contribution in [-0.4, -0.2) is 0 Å². The molecule has 20 heavy (non-hydrogen) atoms. The smallest absolute Gasteiger partial charge is 0.0207 e. The highest BCUT2D eigenvalue weighted by Crippen LogP contribution is 2.17. The van der Waals surface area contributed by atoms with Crippen LogP contribution in [0.1, 0.15) is 22.3 Å². The Morgan fingerprint density at radius 3 is 1.35 bits per heavy atom. The Labute approximate surface area is 137 Å². The van der Waals surface area contributed by atoms with Crippen molar-refractivity contribution in [3.05, 3.63) is 67.6 Å². The van der Waals surface area contributed by atoms with Gasteiger partial charge in [-0.15, -0.1) is 0 Å². The highest BCUT2D eigenvalue weighted by atomic mass is 79.9. The van der Waals surface area contributed by atoms with Crippen molar-refractivity contribution in [3.63, 3.8) is 0 Å². The molecule has 4 N–H and O–H groups in total. The summed E-state index contributed by atoms with van der Waals surface area (Å²) in [5.41, 5.74) is 15.7. The molecule has 2 aromatic rings. The molecule has 0 fully saturated rings. The summed E-state index contributed by atoms with van der Waals surface area (Å²) in [6.07, 6.45) is 0. The molecule has 0 radical (unpaired) electrons. The Hall–Kier alpha value is -0.680. The van der Waals surface area contributed by atoms with Gasteiger partial charge in [-0.25, -0.2) is 0 Å². The van der Waals surface area contributed by atoms with Gasteiger partial charge >= 0.3 is 0 Å². The highest BCUT2D eigenvalue weighted by molar-refractivity contribution is 9.10. The normalized spacial score (nSPS) is 9.90. The van der Waals surface area contributed by atoms with Crippen molar-refractivity contribution in [2.45, 2.75) is 26.9 Å². The van der Waals surface area contributed by atoms with Crippen LogP contribution in [0.5, 0.6) is 0 Å². The van der Waals surface area contributed by atoms with Gasteiger partial charge in [-0.2, -0.15) is 0 Å². The molecule has 0 amide bonds. The predicted octanol–water partition coefficient (Wildman–Crippen LogP) is 4.43. The van der Waals surface area contributed by atoms with Crippen molar-refractivity contribution in [2.24, 2.45) is 11.5 Å². The standard InChI is InChI=1S/2C8H10BrN/c2*1-6-2-3-7(5-10)4-8(6)9/h2*2-4H,5,10H2,1H3. The van der Waals surface area contributed by atoms with Crippen LogP contribution in [0.15, 0.2) is 45.3 Å². The number of nitrogens with two attached hydrogens (primary N) is 2. The van der Waals surface area contributed by atoms with Gasteiger partial charge in [0.2, 0.25) is 0 Å². The summed E-state index contributed by atoms with van der Waals surface area (Å²) < 4.78 is 2.27. The van der Waals surface area contributed by atoms with E-state index >= 15 is 0 Å². The molecule has 0 aliphatic heterocycles. The van der Waals surface area contributed by atoms with E-state index < -0.39 is 0 Å². The van der Waals surface area contributed by atoms with Crippen molar-refractivity contribution in [2.75, 3.05) is 0 Å². The molecule has 0 unspecified atom stereocenters. The van der Waals surface area contributed by atoms with Gasteiger partial charge in [0.05, 0.1) is 0 Å². The highest BCUT2D eigenvalue weighted by Gasteiger charge is 1.94. The molecule has 0 aliphatic carbocycles. The third kappa shape index (κ3) is 5.37. The Balaban J connectivity index is 0.000000200. The third-order valence-electron chi connectivity index (χ3n) is 2.94. The molecule has 0 atom stereocenters. The Morgan fingerprint density at radius 1 is 0.750 bits per heavy atom. The molecule has 0 saturated heterocycles. The fraction of sp³-hybridized carbons (Fsp3) is 0.250. The maximum absolute atomic E-state index is 5.45. The molecule has 2 rings (SSSR count). The summed E-state index contributed by atoms with van der Waals surface area (Å²) in [5, 5.41) is 0. The van der Waals surface area contributed by atoms with Gasteiger partial charge in [0.1, 0.15) is 0 Å². The maximum Gasteiger partial charge on any atom is 0.0207 e. The molecule has 0 heterocycles. The molecule has 108 valence electrons. The van der Waals surface area contributed by atoms with Gasteiger partial charge in [-0.1, -0.05) is 56.1 Å². The molecular weight excluding hydrogens is 380 g/mol. The Morgan fingerprint density at radius 2 is 1.10 bits per heavy atom. The Kier molecular flexibility index (Phi) is 7.45. The van der Waals surface area contributed by atoms with E-state index in [1.807, 2.05) is 12.1 Å². The molecule has 0 bridgehead atoms. The number of aryl methyl sites for hydroxylation is 2. The van der Waals surface area contributed by atoms with Crippen LogP contribution in [0.4, 0.5) is 0 Å². The van der Waals surface area contributed by atoms with Crippen LogP contribution in [0.2, 0.25) is 0 Å². The molecule has 0 saturated carbocycles. The first-order valence-electron chi connectivity index (χ1n) is 6.38. The largest absolute Gasteiger partial charge is 0.326 e. The Bertz CT molecular complexity index is 517. The van der Waals surface area contributed by atoms with Crippen molar-refractivity contribution < 1.29 is 0 Å². The zero-order valence-electron chi connectivity index (χ0n) is 11.8. The van der Waals surface area contributed by atoms with Crippen LogP contribution < -0.4 is 11.5 Å². The van der Waals surface area contributed by atoms with E-state index in [-0.39, 0.29) is 0 Å². The van der Waals surface area contributed by atoms with E-state index in [0.29, 0.717) is 13.1 Å². The van der Waals surface area contributed by atoms with Crippen LogP contribution in [-0.2, 0) is 13.1 Å². The molecule has 2 nitrogen and oxygen atoms in total. The molecule has 0 aromatic heterocycles. The summed E-state index contributed by atoms with van der Waals surface area (Å²) >= 11 is 6.86. The second-order valence-corrected chi connectivity index (χ2v) is 6.28. The minimum atomic E-state index is 0.610. The van der Waals surface area contributed by atoms with Crippen LogP contribution >= 0.6 is 31.9 Å². The van der Waals surface area contributed by atoms with Gasteiger partial charge in [-0.3, -0.25) is 0 Å². The first-order valence-corrected chi connectivity index (χ1v) is 7.96. The average molecular weight is 400 g/mol. The quantitative estimate of drug-likeness (QED) is 0.784. The lowest BCUT2D eigenvalue weighted by Gasteiger charge is -1.99. The molecule has 2 aromatic carbocycles. The van der Waals surface area contributed by atoms with Crippen molar-refractivity contribution in [1.82, 2.24) is 0 Å². The number of benzene rings is 2. The topological polar surface area (TPSA) is 52.0 Å². The van der Waals surface area contributed by atoms with Crippen LogP contribution in [0, 0.1) is 13.8 Å². The number of rotatable bonds is 2. The fourth-order valence-electron chi connectivity index (χ4n) is 1.53. The van der Waals surface area contributed by atoms with E-state index in [0.717, 1.165) is 20.1 Å². The second kappa shape index (κ2) is 8.57. The predicted molar refractivity (Wildman–Crippen MR) is 93.5 cm³/mol. The lowest BCUT2D eigenvalue weighted by molar-refractivity contribution is 1.07. The zero-order chi connectivity index (χ0) is 15.1. The van der Waals surface area contributed by atoms with Crippen LogP contribution in [0.25, 0.3) is 0 Å². The summed E-state index contributed by atoms with van der Waals surface area (Å²) in [6.45, 7) is 5.34. The summed E-state index contributed by atoms with van der Waals surface area (Å²) in [4.78, 5) is 0. The SMILES string of the molecule is Cc1ccc(CN)cc1Br.Cc1ccc(CN)cc1Br. The maximum atomic E-state index is 5.45. The number of halogens is 2. The average Bonchev–Trinajstić information content (AvgIpc) is 2.45. The van der Waals surface area contributed by atoms with E-state index in [1.54, 1.807) is 0 Å². The van der Waals surface area contributed by atoms with Gasteiger partial charge < -0.3 is 11.5 Å². The zero-order valence-corrected chi connectivity index (χ0v) is 15.0. The number of hydrogen-bond acceptors (Lipinski definition) is 2. The first kappa shape index (κ1) is 17.4. The van der Waals surface area contributed by atoms with Crippen molar-refractivity contribution >= 4 is 31.9 Å². The molecule has 4 heteroatoms. The monoisotopic (exact) mass is 398 g/mol. The minimum absolute atomic E-state index is 0.610. The summed E-state index contributed by atoms with van der Waals surface area (Å²) in [5.74, 6) is 0. The number of hydrogen-bond donors (Lipinski definition) is 2. The second-order valence-electron chi connectivity index (χ2n) is 4.58. The van der Waals surface area contributed by atoms with Gasteiger partial charge in [0, 0.05) is 22.0 Å². The lowest BCUT2D eigenvalue weighted by Crippen LogP contribution is -1.95. The first-order chi connectivity index (χ1) is 9.47. The lowest BCUT2D eigenvalue weighted by atomic mass is 10.2. The van der Waals surface area contributed by atoms with Gasteiger partial charge in [0.15, 0.2) is 0 Å². The van der Waals surface area contributed by atoms with Crippen LogP contribution in [0.3, 0.4) is 0 Å². The third-order valence-corrected chi connectivity index (χ3v) is 4.65. The summed E-state index contributed by atoms with van der Waals surface area (Å²) in [6, 6.07) is 12.3. The molecular formula is C16H20Br2N2.